The molecule has 0 radical (unpaired) electrons. The van der Waals surface area contributed by atoms with Crippen LogP contribution in [-0.4, -0.2) is 19.2 Å². The summed E-state index contributed by atoms with van der Waals surface area (Å²) in [6.45, 7) is 1.05. The molecule has 0 saturated heterocycles. The Hall–Kier alpha value is -2.24. The first-order valence-corrected chi connectivity index (χ1v) is 7.23. The van der Waals surface area contributed by atoms with Crippen LogP contribution in [0, 0.1) is 0 Å². The predicted octanol–water partition coefficient (Wildman–Crippen LogP) is 2.80. The second-order valence-corrected chi connectivity index (χ2v) is 5.28. The molecule has 2 N–H and O–H groups in total. The van der Waals surface area contributed by atoms with E-state index in [1.165, 1.54) is 0 Å². The Morgan fingerprint density at radius 3 is 2.68 bits per heavy atom. The molecule has 1 heterocycles. The number of fused-ring (bicyclic) bond motifs is 1. The topological polar surface area (TPSA) is 59.6 Å². The molecule has 0 unspecified atom stereocenters. The van der Waals surface area contributed by atoms with Gasteiger partial charge in [-0.15, -0.1) is 0 Å². The molecule has 1 aliphatic heterocycles. The van der Waals surface area contributed by atoms with Gasteiger partial charge < -0.3 is 20.1 Å². The standard InChI is InChI=1S/C16H15ClN2O3/c17-12-2-4-13(5-3-12)19-16(20)9-18-8-11-1-6-14-15(7-11)22-10-21-14/h1-7,18H,8-10H2,(H,19,20). The number of hydrogen-bond acceptors (Lipinski definition) is 4. The van der Waals surface area contributed by atoms with Crippen LogP contribution < -0.4 is 20.1 Å². The summed E-state index contributed by atoms with van der Waals surface area (Å²) in [4.78, 5) is 11.8. The summed E-state index contributed by atoms with van der Waals surface area (Å²) < 4.78 is 10.6. The Kier molecular flexibility index (Phi) is 4.46. The van der Waals surface area contributed by atoms with Crippen molar-refractivity contribution >= 4 is 23.2 Å². The minimum Gasteiger partial charge on any atom is -0.454 e. The molecular weight excluding hydrogens is 304 g/mol. The Morgan fingerprint density at radius 2 is 1.86 bits per heavy atom. The fourth-order valence-corrected chi connectivity index (χ4v) is 2.24. The van der Waals surface area contributed by atoms with Crippen LogP contribution >= 0.6 is 11.6 Å². The SMILES string of the molecule is O=C(CNCc1ccc2c(c1)OCO2)Nc1ccc(Cl)cc1. The van der Waals surface area contributed by atoms with E-state index in [1.54, 1.807) is 24.3 Å². The summed E-state index contributed by atoms with van der Waals surface area (Å²) >= 11 is 5.80. The minimum absolute atomic E-state index is 0.108. The van der Waals surface area contributed by atoms with Gasteiger partial charge in [-0.1, -0.05) is 17.7 Å². The summed E-state index contributed by atoms with van der Waals surface area (Å²) in [5.41, 5.74) is 1.75. The maximum absolute atomic E-state index is 11.8. The second-order valence-electron chi connectivity index (χ2n) is 4.85. The van der Waals surface area contributed by atoms with Crippen LogP contribution in [0.1, 0.15) is 5.56 Å². The Labute approximate surface area is 133 Å². The number of anilines is 1. The van der Waals surface area contributed by atoms with E-state index in [-0.39, 0.29) is 19.2 Å². The van der Waals surface area contributed by atoms with Crippen LogP contribution in [0.4, 0.5) is 5.69 Å². The van der Waals surface area contributed by atoms with Crippen molar-refractivity contribution in [2.45, 2.75) is 6.54 Å². The number of rotatable bonds is 5. The third-order valence-corrected chi connectivity index (χ3v) is 3.43. The van der Waals surface area contributed by atoms with Gasteiger partial charge in [0.2, 0.25) is 12.7 Å². The van der Waals surface area contributed by atoms with E-state index >= 15 is 0 Å². The van der Waals surface area contributed by atoms with Crippen molar-refractivity contribution in [1.82, 2.24) is 5.32 Å². The number of nitrogens with one attached hydrogen (secondary N) is 2. The quantitative estimate of drug-likeness (QED) is 0.890. The number of benzene rings is 2. The van der Waals surface area contributed by atoms with Gasteiger partial charge in [0.15, 0.2) is 11.5 Å². The average Bonchev–Trinajstić information content (AvgIpc) is 2.97. The number of hydrogen-bond donors (Lipinski definition) is 2. The van der Waals surface area contributed by atoms with Crippen LogP contribution in [0.2, 0.25) is 5.02 Å². The molecule has 2 aromatic rings. The van der Waals surface area contributed by atoms with E-state index in [0.717, 1.165) is 22.7 Å². The molecule has 0 aliphatic carbocycles. The predicted molar refractivity (Wildman–Crippen MR) is 84.4 cm³/mol. The lowest BCUT2D eigenvalue weighted by Gasteiger charge is -2.07. The molecular formula is C16H15ClN2O3. The molecule has 5 nitrogen and oxygen atoms in total. The average molecular weight is 319 g/mol. The van der Waals surface area contributed by atoms with Crippen molar-refractivity contribution in [3.05, 3.63) is 53.1 Å². The van der Waals surface area contributed by atoms with Gasteiger partial charge in [-0.05, 0) is 42.0 Å². The normalized spacial score (nSPS) is 12.2. The van der Waals surface area contributed by atoms with Gasteiger partial charge in [-0.3, -0.25) is 4.79 Å². The zero-order valence-electron chi connectivity index (χ0n) is 11.8. The third kappa shape index (κ3) is 3.69. The van der Waals surface area contributed by atoms with Gasteiger partial charge in [0.1, 0.15) is 0 Å². The number of carbonyl (C=O) groups is 1. The molecule has 3 rings (SSSR count). The highest BCUT2D eigenvalue weighted by Crippen LogP contribution is 2.32. The van der Waals surface area contributed by atoms with Crippen molar-refractivity contribution in [1.29, 1.82) is 0 Å². The van der Waals surface area contributed by atoms with E-state index in [0.29, 0.717) is 11.6 Å². The fraction of sp³-hybridized carbons (Fsp3) is 0.188. The van der Waals surface area contributed by atoms with Gasteiger partial charge in [0.05, 0.1) is 6.54 Å². The van der Waals surface area contributed by atoms with Gasteiger partial charge in [0.25, 0.3) is 0 Å². The summed E-state index contributed by atoms with van der Waals surface area (Å²) in [6, 6.07) is 12.7. The lowest BCUT2D eigenvalue weighted by molar-refractivity contribution is -0.115. The van der Waals surface area contributed by atoms with E-state index in [1.807, 2.05) is 18.2 Å². The fourth-order valence-electron chi connectivity index (χ4n) is 2.11. The molecule has 2 aromatic carbocycles. The van der Waals surface area contributed by atoms with E-state index in [2.05, 4.69) is 10.6 Å². The number of carbonyl (C=O) groups excluding carboxylic acids is 1. The van der Waals surface area contributed by atoms with Gasteiger partial charge in [-0.25, -0.2) is 0 Å². The molecule has 1 aliphatic rings. The van der Waals surface area contributed by atoms with Gasteiger partial charge in [0, 0.05) is 17.3 Å². The largest absolute Gasteiger partial charge is 0.454 e. The monoisotopic (exact) mass is 318 g/mol. The van der Waals surface area contributed by atoms with Crippen LogP contribution in [0.15, 0.2) is 42.5 Å². The highest BCUT2D eigenvalue weighted by atomic mass is 35.5. The molecule has 114 valence electrons. The van der Waals surface area contributed by atoms with Crippen molar-refractivity contribution < 1.29 is 14.3 Å². The smallest absolute Gasteiger partial charge is 0.238 e. The van der Waals surface area contributed by atoms with Crippen LogP contribution in [0.5, 0.6) is 11.5 Å². The van der Waals surface area contributed by atoms with Crippen LogP contribution in [0.25, 0.3) is 0 Å². The summed E-state index contributed by atoms with van der Waals surface area (Å²) in [5.74, 6) is 1.39. The Balaban J connectivity index is 1.46. The minimum atomic E-state index is -0.108. The lowest BCUT2D eigenvalue weighted by Crippen LogP contribution is -2.27. The van der Waals surface area contributed by atoms with Crippen molar-refractivity contribution in [2.75, 3.05) is 18.7 Å². The highest BCUT2D eigenvalue weighted by molar-refractivity contribution is 6.30. The molecule has 0 aromatic heterocycles. The van der Waals surface area contributed by atoms with Crippen LogP contribution in [0.3, 0.4) is 0 Å². The van der Waals surface area contributed by atoms with Crippen molar-refractivity contribution in [3.63, 3.8) is 0 Å². The van der Waals surface area contributed by atoms with Crippen molar-refractivity contribution in [2.24, 2.45) is 0 Å². The van der Waals surface area contributed by atoms with Crippen LogP contribution in [-0.2, 0) is 11.3 Å². The number of ether oxygens (including phenoxy) is 2. The molecule has 0 atom stereocenters. The van der Waals surface area contributed by atoms with Gasteiger partial charge in [-0.2, -0.15) is 0 Å². The first-order chi connectivity index (χ1) is 10.7. The Bertz CT molecular complexity index is 674. The summed E-state index contributed by atoms with van der Waals surface area (Å²) in [7, 11) is 0. The van der Waals surface area contributed by atoms with E-state index in [4.69, 9.17) is 21.1 Å². The zero-order chi connectivity index (χ0) is 15.4. The van der Waals surface area contributed by atoms with E-state index in [9.17, 15) is 4.79 Å². The third-order valence-electron chi connectivity index (χ3n) is 3.18. The first-order valence-electron chi connectivity index (χ1n) is 6.85. The van der Waals surface area contributed by atoms with E-state index < -0.39 is 0 Å². The maximum atomic E-state index is 11.8. The first kappa shape index (κ1) is 14.7. The number of amides is 1. The lowest BCUT2D eigenvalue weighted by atomic mass is 10.2. The highest BCUT2D eigenvalue weighted by Gasteiger charge is 2.13. The molecule has 1 amide bonds. The molecule has 0 spiro atoms. The molecule has 0 saturated carbocycles. The maximum Gasteiger partial charge on any atom is 0.238 e. The molecule has 0 bridgehead atoms. The van der Waals surface area contributed by atoms with Gasteiger partial charge >= 0.3 is 0 Å². The number of halogens is 1. The molecule has 22 heavy (non-hydrogen) atoms. The summed E-state index contributed by atoms with van der Waals surface area (Å²) in [5, 5.41) is 6.52. The second kappa shape index (κ2) is 6.68. The van der Waals surface area contributed by atoms with Crippen molar-refractivity contribution in [3.8, 4) is 11.5 Å². The zero-order valence-corrected chi connectivity index (χ0v) is 12.5. The Morgan fingerprint density at radius 1 is 1.09 bits per heavy atom. The molecule has 6 heteroatoms. The molecule has 0 fully saturated rings. The summed E-state index contributed by atoms with van der Waals surface area (Å²) in [6.07, 6.45) is 0.